The zero-order chi connectivity index (χ0) is 19.2. The molecule has 3 N–H and O–H groups in total. The van der Waals surface area contributed by atoms with Gasteiger partial charge >= 0.3 is 0 Å². The van der Waals surface area contributed by atoms with Gasteiger partial charge in [0.1, 0.15) is 0 Å². The second kappa shape index (κ2) is 8.73. The highest BCUT2D eigenvalue weighted by Gasteiger charge is 2.09. The van der Waals surface area contributed by atoms with E-state index in [0.717, 1.165) is 27.5 Å². The summed E-state index contributed by atoms with van der Waals surface area (Å²) in [4.78, 5) is 31.5. The summed E-state index contributed by atoms with van der Waals surface area (Å²) < 4.78 is 0. The molecule has 140 valence electrons. The predicted octanol–water partition coefficient (Wildman–Crippen LogP) is 3.11. The number of hydrogen-bond donors (Lipinski definition) is 3. The smallest absolute Gasteiger partial charge is 0.251 e. The van der Waals surface area contributed by atoms with Gasteiger partial charge in [-0.25, -0.2) is 4.98 Å². The van der Waals surface area contributed by atoms with E-state index in [0.29, 0.717) is 5.56 Å². The molecule has 1 heterocycles. The second-order valence-corrected chi connectivity index (χ2v) is 7.41. The van der Waals surface area contributed by atoms with Gasteiger partial charge in [-0.3, -0.25) is 9.59 Å². The molecule has 0 saturated heterocycles. The number of amides is 2. The number of benzene rings is 2. The number of para-hydroxylation sites is 2. The Hall–Kier alpha value is -2.80. The lowest BCUT2D eigenvalue weighted by Crippen LogP contribution is -2.39. The molecular formula is C20H22N4O2S. The minimum Gasteiger partial charge on any atom is -0.352 e. The summed E-state index contributed by atoms with van der Waals surface area (Å²) in [5.74, 6) is 0.293. The van der Waals surface area contributed by atoms with Crippen molar-refractivity contribution in [2.75, 3.05) is 6.54 Å². The van der Waals surface area contributed by atoms with Gasteiger partial charge in [0.15, 0.2) is 5.16 Å². The predicted molar refractivity (Wildman–Crippen MR) is 108 cm³/mol. The Bertz CT molecular complexity index is 902. The maximum absolute atomic E-state index is 12.1. The highest BCUT2D eigenvalue weighted by atomic mass is 32.2. The topological polar surface area (TPSA) is 86.9 Å². The molecule has 0 radical (unpaired) electrons. The van der Waals surface area contributed by atoms with Crippen LogP contribution >= 0.6 is 11.8 Å². The summed E-state index contributed by atoms with van der Waals surface area (Å²) in [5, 5.41) is 6.23. The van der Waals surface area contributed by atoms with Crippen LogP contribution < -0.4 is 10.6 Å². The SMILES string of the molecule is CC(C)NC(=O)CNC(=O)c1ccc(CSc2nc3ccccc3[nH]2)cc1. The first-order chi connectivity index (χ1) is 13.0. The summed E-state index contributed by atoms with van der Waals surface area (Å²) in [6.45, 7) is 3.73. The third kappa shape index (κ3) is 5.34. The number of rotatable bonds is 7. The van der Waals surface area contributed by atoms with E-state index >= 15 is 0 Å². The molecule has 0 unspecified atom stereocenters. The molecule has 27 heavy (non-hydrogen) atoms. The maximum atomic E-state index is 12.1. The number of aromatic nitrogens is 2. The van der Waals surface area contributed by atoms with Crippen molar-refractivity contribution in [1.82, 2.24) is 20.6 Å². The van der Waals surface area contributed by atoms with Gasteiger partial charge in [0.2, 0.25) is 5.91 Å². The fraction of sp³-hybridized carbons (Fsp3) is 0.250. The van der Waals surface area contributed by atoms with E-state index < -0.39 is 0 Å². The van der Waals surface area contributed by atoms with Crippen molar-refractivity contribution in [3.63, 3.8) is 0 Å². The minimum absolute atomic E-state index is 0.0271. The lowest BCUT2D eigenvalue weighted by Gasteiger charge is -2.09. The van der Waals surface area contributed by atoms with Gasteiger partial charge in [-0.05, 0) is 43.7 Å². The van der Waals surface area contributed by atoms with Crippen LogP contribution in [0.25, 0.3) is 11.0 Å². The summed E-state index contributed by atoms with van der Waals surface area (Å²) in [5.41, 5.74) is 3.60. The Morgan fingerprint density at radius 1 is 1.11 bits per heavy atom. The van der Waals surface area contributed by atoms with Crippen LogP contribution in [-0.2, 0) is 10.5 Å². The summed E-state index contributed by atoms with van der Waals surface area (Å²) >= 11 is 1.61. The Kier molecular flexibility index (Phi) is 6.13. The van der Waals surface area contributed by atoms with Crippen LogP contribution in [0, 0.1) is 0 Å². The molecule has 0 aliphatic heterocycles. The zero-order valence-electron chi connectivity index (χ0n) is 15.3. The Morgan fingerprint density at radius 3 is 2.56 bits per heavy atom. The first-order valence-electron chi connectivity index (χ1n) is 8.75. The summed E-state index contributed by atoms with van der Waals surface area (Å²) in [6.07, 6.45) is 0. The molecule has 0 aliphatic carbocycles. The fourth-order valence-electron chi connectivity index (χ4n) is 2.54. The van der Waals surface area contributed by atoms with E-state index in [1.807, 2.05) is 50.2 Å². The van der Waals surface area contributed by atoms with Gasteiger partial charge in [-0.2, -0.15) is 0 Å². The molecule has 0 saturated carbocycles. The standard InChI is InChI=1S/C20H22N4O2S/c1-13(2)22-18(25)11-21-19(26)15-9-7-14(8-10-15)12-27-20-23-16-5-3-4-6-17(16)24-20/h3-10,13H,11-12H2,1-2H3,(H,21,26)(H,22,25)(H,23,24). The van der Waals surface area contributed by atoms with E-state index in [-0.39, 0.29) is 24.4 Å². The summed E-state index contributed by atoms with van der Waals surface area (Å²) in [7, 11) is 0. The van der Waals surface area contributed by atoms with E-state index in [4.69, 9.17) is 0 Å². The number of hydrogen-bond acceptors (Lipinski definition) is 4. The van der Waals surface area contributed by atoms with Crippen molar-refractivity contribution in [2.45, 2.75) is 30.8 Å². The van der Waals surface area contributed by atoms with E-state index in [1.54, 1.807) is 23.9 Å². The molecule has 0 spiro atoms. The van der Waals surface area contributed by atoms with Crippen LogP contribution in [0.15, 0.2) is 53.7 Å². The van der Waals surface area contributed by atoms with Crippen molar-refractivity contribution in [3.05, 3.63) is 59.7 Å². The second-order valence-electron chi connectivity index (χ2n) is 6.45. The van der Waals surface area contributed by atoms with Crippen LogP contribution in [0.1, 0.15) is 29.8 Å². The highest BCUT2D eigenvalue weighted by molar-refractivity contribution is 7.98. The van der Waals surface area contributed by atoms with Gasteiger partial charge in [0.05, 0.1) is 17.6 Å². The molecule has 0 fully saturated rings. The normalized spacial score (nSPS) is 10.9. The molecule has 3 rings (SSSR count). The molecule has 2 aromatic carbocycles. The van der Waals surface area contributed by atoms with Crippen LogP contribution in [0.2, 0.25) is 0 Å². The lowest BCUT2D eigenvalue weighted by molar-refractivity contribution is -0.120. The highest BCUT2D eigenvalue weighted by Crippen LogP contribution is 2.23. The number of aromatic amines is 1. The lowest BCUT2D eigenvalue weighted by atomic mass is 10.1. The monoisotopic (exact) mass is 382 g/mol. The number of imidazole rings is 1. The first-order valence-corrected chi connectivity index (χ1v) is 9.74. The number of thioether (sulfide) groups is 1. The average Bonchev–Trinajstić information content (AvgIpc) is 3.07. The first kappa shape index (κ1) is 19.0. The van der Waals surface area contributed by atoms with Gasteiger partial charge in [0.25, 0.3) is 5.91 Å². The number of H-pyrrole nitrogens is 1. The van der Waals surface area contributed by atoms with E-state index in [9.17, 15) is 9.59 Å². The van der Waals surface area contributed by atoms with Crippen LogP contribution in [0.3, 0.4) is 0 Å². The van der Waals surface area contributed by atoms with Crippen molar-refractivity contribution in [3.8, 4) is 0 Å². The van der Waals surface area contributed by atoms with Gasteiger partial charge in [-0.1, -0.05) is 36.0 Å². The third-order valence-corrected chi connectivity index (χ3v) is 4.76. The molecule has 1 aromatic heterocycles. The van der Waals surface area contributed by atoms with Crippen molar-refractivity contribution < 1.29 is 9.59 Å². The quantitative estimate of drug-likeness (QED) is 0.548. The number of carbonyl (C=O) groups is 2. The molecule has 2 amide bonds. The molecule has 0 bridgehead atoms. The van der Waals surface area contributed by atoms with Gasteiger partial charge < -0.3 is 15.6 Å². The van der Waals surface area contributed by atoms with E-state index in [1.165, 1.54) is 0 Å². The van der Waals surface area contributed by atoms with E-state index in [2.05, 4.69) is 20.6 Å². The fourth-order valence-corrected chi connectivity index (χ4v) is 3.38. The number of carbonyl (C=O) groups excluding carboxylic acids is 2. The Balaban J connectivity index is 1.52. The minimum atomic E-state index is -0.259. The Morgan fingerprint density at radius 2 is 1.85 bits per heavy atom. The number of nitrogens with one attached hydrogen (secondary N) is 3. The van der Waals surface area contributed by atoms with Crippen molar-refractivity contribution in [2.24, 2.45) is 0 Å². The molecule has 6 nitrogen and oxygen atoms in total. The van der Waals surface area contributed by atoms with Crippen molar-refractivity contribution in [1.29, 1.82) is 0 Å². The zero-order valence-corrected chi connectivity index (χ0v) is 16.1. The van der Waals surface area contributed by atoms with Crippen LogP contribution in [0.4, 0.5) is 0 Å². The molecule has 7 heteroatoms. The molecular weight excluding hydrogens is 360 g/mol. The van der Waals surface area contributed by atoms with Gasteiger partial charge in [-0.15, -0.1) is 0 Å². The third-order valence-electron chi connectivity index (χ3n) is 3.82. The number of fused-ring (bicyclic) bond motifs is 1. The van der Waals surface area contributed by atoms with Crippen LogP contribution in [-0.4, -0.2) is 34.4 Å². The largest absolute Gasteiger partial charge is 0.352 e. The summed E-state index contributed by atoms with van der Waals surface area (Å²) in [6, 6.07) is 15.3. The molecule has 0 atom stereocenters. The molecule has 3 aromatic rings. The van der Waals surface area contributed by atoms with Gasteiger partial charge in [0, 0.05) is 17.4 Å². The average molecular weight is 382 g/mol. The molecule has 0 aliphatic rings. The van der Waals surface area contributed by atoms with Crippen LogP contribution in [0.5, 0.6) is 0 Å². The number of nitrogens with zero attached hydrogens (tertiary/aromatic N) is 1. The maximum Gasteiger partial charge on any atom is 0.251 e. The Labute approximate surface area is 162 Å². The van der Waals surface area contributed by atoms with Crippen molar-refractivity contribution >= 4 is 34.6 Å².